The Balaban J connectivity index is 3.78. The van der Waals surface area contributed by atoms with Crippen LogP contribution in [0.15, 0.2) is 0 Å². The molecule has 0 heterocycles. The van der Waals surface area contributed by atoms with Crippen molar-refractivity contribution in [1.82, 2.24) is 5.32 Å². The smallest absolute Gasteiger partial charge is 0.0101 e. The summed E-state index contributed by atoms with van der Waals surface area (Å²) in [6.45, 7) is 7.69. The molecule has 2 unspecified atom stereocenters. The molecule has 0 aromatic heterocycles. The number of terminal acetylenes is 1. The van der Waals surface area contributed by atoms with Gasteiger partial charge in [-0.05, 0) is 18.9 Å². The van der Waals surface area contributed by atoms with Crippen LogP contribution in [-0.4, -0.2) is 12.6 Å². The van der Waals surface area contributed by atoms with Crippen molar-refractivity contribution >= 4 is 0 Å². The van der Waals surface area contributed by atoms with Gasteiger partial charge in [0.1, 0.15) is 0 Å². The first-order chi connectivity index (χ1) is 5.76. The van der Waals surface area contributed by atoms with Gasteiger partial charge in [-0.25, -0.2) is 0 Å². The minimum absolute atomic E-state index is 0.607. The highest BCUT2D eigenvalue weighted by Crippen LogP contribution is 2.12. The summed E-state index contributed by atoms with van der Waals surface area (Å²) in [5.74, 6) is 3.43. The second-order valence-electron chi connectivity index (χ2n) is 3.29. The van der Waals surface area contributed by atoms with Crippen LogP contribution in [-0.2, 0) is 0 Å². The van der Waals surface area contributed by atoms with E-state index < -0.39 is 0 Å². The Morgan fingerprint density at radius 1 is 1.42 bits per heavy atom. The summed E-state index contributed by atoms with van der Waals surface area (Å²) in [6, 6.07) is 0.607. The van der Waals surface area contributed by atoms with E-state index >= 15 is 0 Å². The molecule has 0 aliphatic heterocycles. The number of hydrogen-bond acceptors (Lipinski definition) is 1. The molecule has 0 radical (unpaired) electrons. The van der Waals surface area contributed by atoms with Crippen molar-refractivity contribution in [2.75, 3.05) is 6.54 Å². The normalized spacial score (nSPS) is 15.2. The Labute approximate surface area is 76.9 Å². The van der Waals surface area contributed by atoms with E-state index in [1.807, 2.05) is 0 Å². The summed E-state index contributed by atoms with van der Waals surface area (Å²) in [5, 5.41) is 3.47. The zero-order valence-corrected chi connectivity index (χ0v) is 8.56. The Morgan fingerprint density at radius 2 is 2.08 bits per heavy atom. The molecule has 1 N–H and O–H groups in total. The first kappa shape index (κ1) is 11.5. The maximum atomic E-state index is 5.24. The molecule has 0 spiro atoms. The highest BCUT2D eigenvalue weighted by molar-refractivity contribution is 4.86. The second kappa shape index (κ2) is 7.18. The quantitative estimate of drug-likeness (QED) is 0.599. The van der Waals surface area contributed by atoms with E-state index in [1.54, 1.807) is 0 Å². The lowest BCUT2D eigenvalue weighted by Gasteiger charge is -2.22. The van der Waals surface area contributed by atoms with Gasteiger partial charge in [-0.2, -0.15) is 0 Å². The fourth-order valence-electron chi connectivity index (χ4n) is 1.37. The maximum Gasteiger partial charge on any atom is 0.0101 e. The van der Waals surface area contributed by atoms with Gasteiger partial charge in [0, 0.05) is 12.5 Å². The van der Waals surface area contributed by atoms with Crippen molar-refractivity contribution in [3.63, 3.8) is 0 Å². The molecule has 0 bridgehead atoms. The number of nitrogens with one attached hydrogen (secondary N) is 1. The Morgan fingerprint density at radius 3 is 2.50 bits per heavy atom. The third kappa shape index (κ3) is 4.41. The van der Waals surface area contributed by atoms with Crippen LogP contribution in [0.2, 0.25) is 0 Å². The summed E-state index contributed by atoms with van der Waals surface area (Å²) < 4.78 is 0. The molecular formula is C11H21N. The lowest BCUT2D eigenvalue weighted by Crippen LogP contribution is -2.34. The van der Waals surface area contributed by atoms with Crippen molar-refractivity contribution in [2.45, 2.75) is 46.1 Å². The van der Waals surface area contributed by atoms with Crippen LogP contribution in [0.25, 0.3) is 0 Å². The fraction of sp³-hybridized carbons (Fsp3) is 0.818. The maximum absolute atomic E-state index is 5.24. The molecule has 0 aromatic rings. The second-order valence-corrected chi connectivity index (χ2v) is 3.29. The van der Waals surface area contributed by atoms with Crippen molar-refractivity contribution in [3.05, 3.63) is 0 Å². The summed E-state index contributed by atoms with van der Waals surface area (Å²) in [6.07, 6.45) is 8.46. The van der Waals surface area contributed by atoms with Crippen molar-refractivity contribution in [1.29, 1.82) is 0 Å². The zero-order chi connectivity index (χ0) is 9.40. The molecule has 0 fully saturated rings. The van der Waals surface area contributed by atoms with Gasteiger partial charge in [-0.15, -0.1) is 12.3 Å². The van der Waals surface area contributed by atoms with E-state index in [0.29, 0.717) is 6.04 Å². The highest BCUT2D eigenvalue weighted by atomic mass is 14.9. The van der Waals surface area contributed by atoms with Gasteiger partial charge >= 0.3 is 0 Å². The van der Waals surface area contributed by atoms with E-state index in [9.17, 15) is 0 Å². The number of rotatable bonds is 6. The standard InChI is InChI=1S/C11H21N/c1-5-8-9-11(12-7-3)10(4)6-2/h1,10-12H,6-9H2,2-4H3. The van der Waals surface area contributed by atoms with E-state index in [0.717, 1.165) is 25.3 Å². The molecule has 0 rings (SSSR count). The molecule has 0 aliphatic rings. The molecule has 0 saturated carbocycles. The lowest BCUT2D eigenvalue weighted by atomic mass is 9.95. The number of hydrogen-bond donors (Lipinski definition) is 1. The highest BCUT2D eigenvalue weighted by Gasteiger charge is 2.12. The zero-order valence-electron chi connectivity index (χ0n) is 8.56. The van der Waals surface area contributed by atoms with Gasteiger partial charge in [-0.3, -0.25) is 0 Å². The molecule has 1 nitrogen and oxygen atoms in total. The molecule has 2 atom stereocenters. The Kier molecular flexibility index (Phi) is 6.90. The summed E-state index contributed by atoms with van der Waals surface area (Å²) in [4.78, 5) is 0. The van der Waals surface area contributed by atoms with Gasteiger partial charge in [0.2, 0.25) is 0 Å². The predicted octanol–water partition coefficient (Wildman–Crippen LogP) is 2.42. The van der Waals surface area contributed by atoms with Crippen molar-refractivity contribution < 1.29 is 0 Å². The summed E-state index contributed by atoms with van der Waals surface area (Å²) >= 11 is 0. The molecule has 70 valence electrons. The van der Waals surface area contributed by atoms with E-state index in [2.05, 4.69) is 32.0 Å². The van der Waals surface area contributed by atoms with Crippen LogP contribution in [0.3, 0.4) is 0 Å². The largest absolute Gasteiger partial charge is 0.314 e. The molecule has 0 aromatic carbocycles. The first-order valence-electron chi connectivity index (χ1n) is 4.93. The van der Waals surface area contributed by atoms with Gasteiger partial charge < -0.3 is 5.32 Å². The van der Waals surface area contributed by atoms with E-state index in [-0.39, 0.29) is 0 Å². The minimum atomic E-state index is 0.607. The Bertz CT molecular complexity index is 134. The van der Waals surface area contributed by atoms with Crippen molar-refractivity contribution in [3.8, 4) is 12.3 Å². The molecule has 0 aliphatic carbocycles. The monoisotopic (exact) mass is 167 g/mol. The van der Waals surface area contributed by atoms with Gasteiger partial charge in [0.05, 0.1) is 0 Å². The van der Waals surface area contributed by atoms with Crippen LogP contribution >= 0.6 is 0 Å². The van der Waals surface area contributed by atoms with Gasteiger partial charge in [0.15, 0.2) is 0 Å². The molecular weight excluding hydrogens is 146 g/mol. The van der Waals surface area contributed by atoms with Gasteiger partial charge in [-0.1, -0.05) is 27.2 Å². The average Bonchev–Trinajstić information content (AvgIpc) is 2.11. The van der Waals surface area contributed by atoms with E-state index in [1.165, 1.54) is 6.42 Å². The molecule has 12 heavy (non-hydrogen) atoms. The average molecular weight is 167 g/mol. The molecule has 0 amide bonds. The van der Waals surface area contributed by atoms with Crippen LogP contribution in [0.5, 0.6) is 0 Å². The summed E-state index contributed by atoms with van der Waals surface area (Å²) in [5.41, 5.74) is 0. The van der Waals surface area contributed by atoms with Crippen LogP contribution in [0.1, 0.15) is 40.0 Å². The molecule has 0 saturated heterocycles. The SMILES string of the molecule is C#CCCC(NCC)C(C)CC. The van der Waals surface area contributed by atoms with Crippen molar-refractivity contribution in [2.24, 2.45) is 5.92 Å². The van der Waals surface area contributed by atoms with Crippen LogP contribution in [0, 0.1) is 18.3 Å². The first-order valence-corrected chi connectivity index (χ1v) is 4.93. The lowest BCUT2D eigenvalue weighted by molar-refractivity contribution is 0.357. The van der Waals surface area contributed by atoms with E-state index in [4.69, 9.17) is 6.42 Å². The minimum Gasteiger partial charge on any atom is -0.314 e. The third-order valence-electron chi connectivity index (χ3n) is 2.40. The van der Waals surface area contributed by atoms with Crippen LogP contribution in [0.4, 0.5) is 0 Å². The van der Waals surface area contributed by atoms with Crippen LogP contribution < -0.4 is 5.32 Å². The third-order valence-corrected chi connectivity index (χ3v) is 2.40. The summed E-state index contributed by atoms with van der Waals surface area (Å²) in [7, 11) is 0. The Hall–Kier alpha value is -0.480. The van der Waals surface area contributed by atoms with Gasteiger partial charge in [0.25, 0.3) is 0 Å². The fourth-order valence-corrected chi connectivity index (χ4v) is 1.37. The topological polar surface area (TPSA) is 12.0 Å². The molecule has 1 heteroatoms. The predicted molar refractivity (Wildman–Crippen MR) is 55.0 cm³/mol.